The maximum atomic E-state index is 11.4. The van der Waals surface area contributed by atoms with Crippen molar-refractivity contribution in [3.63, 3.8) is 0 Å². The normalized spacial score (nSPS) is 16.4. The number of allylic oxidation sites excluding steroid dienone is 1. The number of benzene rings is 3. The van der Waals surface area contributed by atoms with Gasteiger partial charge in [-0.05, 0) is 96.8 Å². The highest BCUT2D eigenvalue weighted by Crippen LogP contribution is 2.43. The van der Waals surface area contributed by atoms with Gasteiger partial charge >= 0.3 is 10.3 Å². The van der Waals surface area contributed by atoms with Crippen LogP contribution in [0.3, 0.4) is 0 Å². The zero-order valence-electron chi connectivity index (χ0n) is 19.6. The first-order valence-corrected chi connectivity index (χ1v) is 13.5. The average Bonchev–Trinajstić information content (AvgIpc) is 3.36. The number of nitrogens with two attached hydrogens (primary N) is 1. The molecular formula is C28H30N2O4S. The molecule has 3 N–H and O–H groups in total. The van der Waals surface area contributed by atoms with Crippen LogP contribution in [-0.2, 0) is 23.1 Å². The summed E-state index contributed by atoms with van der Waals surface area (Å²) in [4.78, 5) is 2.52. The van der Waals surface area contributed by atoms with Gasteiger partial charge in [-0.25, -0.2) is 0 Å². The fourth-order valence-corrected chi connectivity index (χ4v) is 5.59. The lowest BCUT2D eigenvalue weighted by Gasteiger charge is -2.25. The van der Waals surface area contributed by atoms with Crippen LogP contribution >= 0.6 is 0 Å². The molecule has 3 aromatic carbocycles. The van der Waals surface area contributed by atoms with Crippen LogP contribution in [0.1, 0.15) is 47.1 Å². The van der Waals surface area contributed by atoms with Gasteiger partial charge < -0.3 is 14.2 Å². The highest BCUT2D eigenvalue weighted by Gasteiger charge is 2.24. The van der Waals surface area contributed by atoms with E-state index in [9.17, 15) is 13.5 Å². The molecule has 182 valence electrons. The fraction of sp³-hybridized carbons (Fsp3) is 0.286. The van der Waals surface area contributed by atoms with E-state index in [-0.39, 0.29) is 11.5 Å². The zero-order valence-corrected chi connectivity index (χ0v) is 20.4. The lowest BCUT2D eigenvalue weighted by Crippen LogP contribution is -2.21. The minimum absolute atomic E-state index is 0.203. The second kappa shape index (κ2) is 9.85. The predicted octanol–water partition coefficient (Wildman–Crippen LogP) is 4.52. The third-order valence-corrected chi connectivity index (χ3v) is 7.32. The Morgan fingerprint density at radius 1 is 0.914 bits per heavy atom. The minimum Gasteiger partial charge on any atom is -0.507 e. The molecule has 0 saturated carbocycles. The van der Waals surface area contributed by atoms with Crippen molar-refractivity contribution in [3.05, 3.63) is 94.5 Å². The summed E-state index contributed by atoms with van der Waals surface area (Å²) >= 11 is 0. The molecule has 5 rings (SSSR count). The molecule has 1 saturated heterocycles. The van der Waals surface area contributed by atoms with Gasteiger partial charge in [-0.1, -0.05) is 48.5 Å². The Kier molecular flexibility index (Phi) is 6.65. The van der Waals surface area contributed by atoms with E-state index in [1.54, 1.807) is 18.2 Å². The number of hydrogen-bond acceptors (Lipinski definition) is 5. The third kappa shape index (κ3) is 5.42. The van der Waals surface area contributed by atoms with Crippen molar-refractivity contribution >= 4 is 21.5 Å². The largest absolute Gasteiger partial charge is 0.507 e. The van der Waals surface area contributed by atoms with Crippen molar-refractivity contribution in [2.45, 2.75) is 32.1 Å². The topological polar surface area (TPSA) is 92.9 Å². The van der Waals surface area contributed by atoms with Crippen LogP contribution in [-0.4, -0.2) is 38.1 Å². The Hall–Kier alpha value is -3.13. The molecule has 0 aromatic heterocycles. The van der Waals surface area contributed by atoms with Gasteiger partial charge in [-0.2, -0.15) is 13.6 Å². The Labute approximate surface area is 206 Å². The van der Waals surface area contributed by atoms with Crippen LogP contribution < -0.4 is 9.32 Å². The fourth-order valence-electron chi connectivity index (χ4n) is 5.21. The number of aromatic hydroxyl groups is 1. The molecule has 0 spiro atoms. The molecule has 0 bridgehead atoms. The summed E-state index contributed by atoms with van der Waals surface area (Å²) in [6.07, 6.45) is 5.02. The number of likely N-dealkylation sites (tertiary alicyclic amines) is 1. The Bertz CT molecular complexity index is 1360. The van der Waals surface area contributed by atoms with E-state index in [4.69, 9.17) is 9.32 Å². The molecular weight excluding hydrogens is 460 g/mol. The number of para-hydroxylation sites is 1. The monoisotopic (exact) mass is 490 g/mol. The van der Waals surface area contributed by atoms with Crippen LogP contribution in [0.4, 0.5) is 0 Å². The van der Waals surface area contributed by atoms with Gasteiger partial charge in [0.15, 0.2) is 0 Å². The zero-order chi connectivity index (χ0) is 24.4. The van der Waals surface area contributed by atoms with Crippen LogP contribution in [0.25, 0.3) is 11.1 Å². The van der Waals surface area contributed by atoms with Gasteiger partial charge in [-0.3, -0.25) is 0 Å². The Morgan fingerprint density at radius 2 is 1.66 bits per heavy atom. The van der Waals surface area contributed by atoms with Crippen molar-refractivity contribution < 1.29 is 17.7 Å². The number of fused-ring (bicyclic) bond motifs is 1. The summed E-state index contributed by atoms with van der Waals surface area (Å²) < 4.78 is 27.7. The minimum atomic E-state index is -4.09. The molecule has 1 aliphatic heterocycles. The number of phenols is 1. The van der Waals surface area contributed by atoms with Crippen LogP contribution in [0.15, 0.2) is 66.7 Å². The molecule has 1 aliphatic carbocycles. The van der Waals surface area contributed by atoms with Crippen molar-refractivity contribution in [1.82, 2.24) is 4.90 Å². The van der Waals surface area contributed by atoms with Gasteiger partial charge in [0.1, 0.15) is 11.5 Å². The number of rotatable bonds is 7. The Morgan fingerprint density at radius 3 is 2.37 bits per heavy atom. The summed E-state index contributed by atoms with van der Waals surface area (Å²) in [5, 5.41) is 15.7. The lowest BCUT2D eigenvalue weighted by molar-refractivity contribution is 0.343. The highest BCUT2D eigenvalue weighted by atomic mass is 32.2. The summed E-state index contributed by atoms with van der Waals surface area (Å²) in [5.41, 5.74) is 7.28. The maximum absolute atomic E-state index is 11.4. The summed E-state index contributed by atoms with van der Waals surface area (Å²) in [6, 6.07) is 21.3. The molecule has 7 heteroatoms. The maximum Gasteiger partial charge on any atom is 0.380 e. The van der Waals surface area contributed by atoms with Crippen molar-refractivity contribution in [3.8, 4) is 11.5 Å². The Balaban J connectivity index is 1.53. The van der Waals surface area contributed by atoms with Gasteiger partial charge in [0.25, 0.3) is 0 Å². The second-order valence-corrected chi connectivity index (χ2v) is 10.4. The second-order valence-electron chi connectivity index (χ2n) is 9.26. The van der Waals surface area contributed by atoms with Crippen molar-refractivity contribution in [2.75, 3.05) is 19.6 Å². The molecule has 1 heterocycles. The predicted molar refractivity (Wildman–Crippen MR) is 138 cm³/mol. The molecule has 0 atom stereocenters. The van der Waals surface area contributed by atoms with E-state index in [1.807, 2.05) is 24.3 Å². The molecule has 2 aliphatic rings. The van der Waals surface area contributed by atoms with Gasteiger partial charge in [0, 0.05) is 12.1 Å². The molecule has 0 radical (unpaired) electrons. The molecule has 6 nitrogen and oxygen atoms in total. The van der Waals surface area contributed by atoms with E-state index < -0.39 is 10.3 Å². The van der Waals surface area contributed by atoms with E-state index in [1.165, 1.54) is 31.5 Å². The van der Waals surface area contributed by atoms with Gasteiger partial charge in [0.05, 0.1) is 0 Å². The number of hydrogen-bond donors (Lipinski definition) is 2. The summed E-state index contributed by atoms with van der Waals surface area (Å²) in [7, 11) is -4.09. The number of aryl methyl sites for hydroxylation is 1. The molecule has 3 aromatic rings. The van der Waals surface area contributed by atoms with Crippen molar-refractivity contribution in [2.24, 2.45) is 5.14 Å². The molecule has 0 unspecified atom stereocenters. The van der Waals surface area contributed by atoms with E-state index in [0.29, 0.717) is 12.8 Å². The first kappa shape index (κ1) is 23.6. The molecule has 35 heavy (non-hydrogen) atoms. The molecule has 1 fully saturated rings. The summed E-state index contributed by atoms with van der Waals surface area (Å²) in [5.74, 6) is 0.453. The smallest absolute Gasteiger partial charge is 0.380 e. The average molecular weight is 491 g/mol. The molecule has 0 amide bonds. The first-order chi connectivity index (χ1) is 16.9. The standard InChI is InChI=1S/C28H30N2O4S/c29-35(32,33)34-23-12-14-24-22(19-23)11-13-26(25-5-1-2-6-27(25)31)28(24)21-9-7-20(8-10-21)15-18-30-16-3-4-17-30/h1-2,5-10,12,14,19,31H,3-4,11,13,15-18H2,(H2,29,32,33). The van der Waals surface area contributed by atoms with Crippen LogP contribution in [0, 0.1) is 0 Å². The lowest BCUT2D eigenvalue weighted by atomic mass is 9.79. The van der Waals surface area contributed by atoms with Crippen LogP contribution in [0.5, 0.6) is 11.5 Å². The van der Waals surface area contributed by atoms with Crippen LogP contribution in [0.2, 0.25) is 0 Å². The highest BCUT2D eigenvalue weighted by molar-refractivity contribution is 7.84. The third-order valence-electron chi connectivity index (χ3n) is 6.89. The van der Waals surface area contributed by atoms with E-state index in [0.717, 1.165) is 46.4 Å². The van der Waals surface area contributed by atoms with Gasteiger partial charge in [-0.15, -0.1) is 0 Å². The SMILES string of the molecule is NS(=O)(=O)Oc1ccc2c(c1)CCC(c1ccccc1O)=C2c1ccc(CCN2CCCC2)cc1. The number of nitrogens with zero attached hydrogens (tertiary/aromatic N) is 1. The van der Waals surface area contributed by atoms with E-state index in [2.05, 4.69) is 29.2 Å². The van der Waals surface area contributed by atoms with Crippen molar-refractivity contribution in [1.29, 1.82) is 0 Å². The number of phenolic OH excluding ortho intramolecular Hbond substituents is 1. The summed E-state index contributed by atoms with van der Waals surface area (Å²) in [6.45, 7) is 3.48. The first-order valence-electron chi connectivity index (χ1n) is 12.1. The van der Waals surface area contributed by atoms with Gasteiger partial charge in [0.2, 0.25) is 0 Å². The van der Waals surface area contributed by atoms with E-state index >= 15 is 0 Å². The quantitative estimate of drug-likeness (QED) is 0.508.